The lowest BCUT2D eigenvalue weighted by atomic mass is 9.78. The molecule has 5 nitrogen and oxygen atoms in total. The third kappa shape index (κ3) is 3.53. The Morgan fingerprint density at radius 1 is 1.28 bits per heavy atom. The van der Waals surface area contributed by atoms with Crippen molar-refractivity contribution in [1.29, 1.82) is 0 Å². The molecule has 0 aromatic heterocycles. The first-order chi connectivity index (χ1) is 11.6. The Labute approximate surface area is 148 Å². The highest BCUT2D eigenvalue weighted by Crippen LogP contribution is 2.37. The first-order valence-electron chi connectivity index (χ1n) is 8.66. The number of carbonyl (C=O) groups is 1. The molecular formula is C18H25BFNO4. The summed E-state index contributed by atoms with van der Waals surface area (Å²) in [7, 11) is 0.706. The number of benzene rings is 1. The van der Waals surface area contributed by atoms with Crippen molar-refractivity contribution in [2.24, 2.45) is 5.92 Å². The minimum absolute atomic E-state index is 0.0802. The molecule has 1 aromatic carbocycles. The van der Waals surface area contributed by atoms with E-state index in [0.29, 0.717) is 17.9 Å². The summed E-state index contributed by atoms with van der Waals surface area (Å²) in [5.41, 5.74) is -0.640. The Bertz CT molecular complexity index is 672. The maximum Gasteiger partial charge on any atom is 0.495 e. The van der Waals surface area contributed by atoms with Crippen LogP contribution in [0.3, 0.4) is 0 Å². The van der Waals surface area contributed by atoms with Crippen LogP contribution in [0, 0.1) is 11.7 Å². The smallest absolute Gasteiger partial charge is 0.495 e. The Hall–Kier alpha value is -1.60. The fraction of sp³-hybridized carbons (Fsp3) is 0.611. The summed E-state index contributed by atoms with van der Waals surface area (Å²) in [6.45, 7) is 8.29. The van der Waals surface area contributed by atoms with E-state index in [9.17, 15) is 9.18 Å². The molecular weight excluding hydrogens is 324 g/mol. The lowest BCUT2D eigenvalue weighted by Crippen LogP contribution is -2.41. The standard InChI is InChI=1S/C18H25BFNO4/c1-17(2)18(3,4)25-19(24-17)12-8-13(20)15(14(9-12)23-5)16(22)21-10-11-6-7-11/h8-9,11H,6-7,10H2,1-5H3,(H,21,22). The highest BCUT2D eigenvalue weighted by molar-refractivity contribution is 6.62. The molecule has 1 saturated carbocycles. The summed E-state index contributed by atoms with van der Waals surface area (Å²) in [6.07, 6.45) is 2.22. The van der Waals surface area contributed by atoms with Crippen LogP contribution in [0.2, 0.25) is 0 Å². The normalized spacial score (nSPS) is 21.3. The Morgan fingerprint density at radius 2 is 1.88 bits per heavy atom. The van der Waals surface area contributed by atoms with Crippen LogP contribution in [-0.2, 0) is 9.31 Å². The number of rotatable bonds is 5. The third-order valence-electron chi connectivity index (χ3n) is 5.30. The maximum atomic E-state index is 14.7. The van der Waals surface area contributed by atoms with Gasteiger partial charge in [-0.3, -0.25) is 4.79 Å². The third-order valence-corrected chi connectivity index (χ3v) is 5.30. The van der Waals surface area contributed by atoms with E-state index < -0.39 is 30.0 Å². The molecule has 1 aliphatic carbocycles. The highest BCUT2D eigenvalue weighted by atomic mass is 19.1. The molecule has 1 N–H and O–H groups in total. The van der Waals surface area contributed by atoms with E-state index in [-0.39, 0.29) is 11.3 Å². The van der Waals surface area contributed by atoms with Gasteiger partial charge in [-0.1, -0.05) is 0 Å². The molecule has 1 aromatic rings. The van der Waals surface area contributed by atoms with Gasteiger partial charge in [-0.05, 0) is 64.1 Å². The van der Waals surface area contributed by atoms with Gasteiger partial charge in [-0.25, -0.2) is 4.39 Å². The molecule has 7 heteroatoms. The van der Waals surface area contributed by atoms with Crippen LogP contribution in [0.5, 0.6) is 5.75 Å². The summed E-state index contributed by atoms with van der Waals surface area (Å²) in [6, 6.07) is 2.90. The van der Waals surface area contributed by atoms with Crippen molar-refractivity contribution in [1.82, 2.24) is 5.32 Å². The van der Waals surface area contributed by atoms with E-state index >= 15 is 0 Å². The van der Waals surface area contributed by atoms with Gasteiger partial charge in [0, 0.05) is 6.54 Å². The van der Waals surface area contributed by atoms with Crippen molar-refractivity contribution in [2.75, 3.05) is 13.7 Å². The topological polar surface area (TPSA) is 56.8 Å². The van der Waals surface area contributed by atoms with Gasteiger partial charge in [0.05, 0.1) is 18.3 Å². The number of methoxy groups -OCH3 is 1. The summed E-state index contributed by atoms with van der Waals surface area (Å²) >= 11 is 0. The van der Waals surface area contributed by atoms with Gasteiger partial charge >= 0.3 is 7.12 Å². The lowest BCUT2D eigenvalue weighted by molar-refractivity contribution is 0.00578. The zero-order valence-electron chi connectivity index (χ0n) is 15.4. The first-order valence-corrected chi connectivity index (χ1v) is 8.66. The van der Waals surface area contributed by atoms with Gasteiger partial charge < -0.3 is 19.4 Å². The number of hydrogen-bond donors (Lipinski definition) is 1. The number of ether oxygens (including phenoxy) is 1. The predicted molar refractivity (Wildman–Crippen MR) is 93.7 cm³/mol. The molecule has 25 heavy (non-hydrogen) atoms. The fourth-order valence-electron chi connectivity index (χ4n) is 2.75. The van der Waals surface area contributed by atoms with Gasteiger partial charge in [-0.2, -0.15) is 0 Å². The van der Waals surface area contributed by atoms with E-state index in [1.807, 2.05) is 27.7 Å². The molecule has 1 heterocycles. The van der Waals surface area contributed by atoms with Crippen LogP contribution in [0.15, 0.2) is 12.1 Å². The molecule has 0 bridgehead atoms. The number of halogens is 1. The highest BCUT2D eigenvalue weighted by Gasteiger charge is 2.52. The second-order valence-corrected chi connectivity index (χ2v) is 7.82. The van der Waals surface area contributed by atoms with Crippen molar-refractivity contribution in [3.8, 4) is 5.75 Å². The minimum Gasteiger partial charge on any atom is -0.496 e. The maximum absolute atomic E-state index is 14.7. The second-order valence-electron chi connectivity index (χ2n) is 7.82. The minimum atomic E-state index is -0.711. The lowest BCUT2D eigenvalue weighted by Gasteiger charge is -2.32. The Kier molecular flexibility index (Phi) is 4.58. The monoisotopic (exact) mass is 349 g/mol. The molecule has 1 aliphatic heterocycles. The zero-order chi connectivity index (χ0) is 18.4. The molecule has 0 unspecified atom stereocenters. The van der Waals surface area contributed by atoms with E-state index in [1.54, 1.807) is 6.07 Å². The molecule has 1 saturated heterocycles. The largest absolute Gasteiger partial charge is 0.496 e. The van der Waals surface area contributed by atoms with Crippen LogP contribution >= 0.6 is 0 Å². The van der Waals surface area contributed by atoms with Gasteiger partial charge in [0.25, 0.3) is 5.91 Å². The van der Waals surface area contributed by atoms with Crippen molar-refractivity contribution in [3.63, 3.8) is 0 Å². The number of carbonyl (C=O) groups excluding carboxylic acids is 1. The molecule has 2 fully saturated rings. The summed E-state index contributed by atoms with van der Waals surface area (Å²) in [5.74, 6) is -0.404. The van der Waals surface area contributed by atoms with Gasteiger partial charge in [0.1, 0.15) is 17.1 Å². The van der Waals surface area contributed by atoms with Gasteiger partial charge in [0.2, 0.25) is 0 Å². The van der Waals surface area contributed by atoms with E-state index in [1.165, 1.54) is 13.2 Å². The van der Waals surface area contributed by atoms with Crippen LogP contribution < -0.4 is 15.5 Å². The number of amides is 1. The van der Waals surface area contributed by atoms with Crippen molar-refractivity contribution >= 4 is 18.5 Å². The second kappa shape index (κ2) is 6.29. The summed E-state index contributed by atoms with van der Waals surface area (Å²) in [5, 5.41) is 2.77. The van der Waals surface area contributed by atoms with E-state index in [0.717, 1.165) is 12.8 Å². The van der Waals surface area contributed by atoms with Gasteiger partial charge in [-0.15, -0.1) is 0 Å². The average Bonchev–Trinajstić information content (AvgIpc) is 3.31. The SMILES string of the molecule is COc1cc(B2OC(C)(C)C(C)(C)O2)cc(F)c1C(=O)NCC1CC1. The van der Waals surface area contributed by atoms with E-state index in [4.69, 9.17) is 14.0 Å². The van der Waals surface area contributed by atoms with E-state index in [2.05, 4.69) is 5.32 Å². The number of nitrogens with one attached hydrogen (secondary N) is 1. The van der Waals surface area contributed by atoms with Crippen LogP contribution in [0.4, 0.5) is 4.39 Å². The van der Waals surface area contributed by atoms with Crippen LogP contribution in [-0.4, -0.2) is 37.9 Å². The summed E-state index contributed by atoms with van der Waals surface area (Å²) in [4.78, 5) is 12.3. The molecule has 0 spiro atoms. The number of hydrogen-bond acceptors (Lipinski definition) is 4. The van der Waals surface area contributed by atoms with Gasteiger partial charge in [0.15, 0.2) is 0 Å². The Balaban J connectivity index is 1.85. The molecule has 0 radical (unpaired) electrons. The molecule has 3 rings (SSSR count). The van der Waals surface area contributed by atoms with Crippen LogP contribution in [0.25, 0.3) is 0 Å². The van der Waals surface area contributed by atoms with Crippen molar-refractivity contribution in [2.45, 2.75) is 51.7 Å². The first kappa shape index (κ1) is 18.2. The summed E-state index contributed by atoms with van der Waals surface area (Å²) < 4.78 is 31.8. The van der Waals surface area contributed by atoms with Crippen molar-refractivity contribution < 1.29 is 23.2 Å². The molecule has 1 amide bonds. The fourth-order valence-corrected chi connectivity index (χ4v) is 2.75. The Morgan fingerprint density at radius 3 is 2.40 bits per heavy atom. The zero-order valence-corrected chi connectivity index (χ0v) is 15.4. The molecule has 2 aliphatic rings. The molecule has 136 valence electrons. The predicted octanol–water partition coefficient (Wildman–Crippen LogP) is 2.27. The van der Waals surface area contributed by atoms with Crippen molar-refractivity contribution in [3.05, 3.63) is 23.5 Å². The van der Waals surface area contributed by atoms with Crippen LogP contribution in [0.1, 0.15) is 50.9 Å². The molecule has 0 atom stereocenters. The average molecular weight is 349 g/mol. The quantitative estimate of drug-likeness (QED) is 0.829.